The molecule has 0 radical (unpaired) electrons. The molecule has 2 aliphatic heterocycles. The fourth-order valence-corrected chi connectivity index (χ4v) is 6.89. The van der Waals surface area contributed by atoms with Crippen LogP contribution in [0, 0.1) is 22.7 Å². The minimum absolute atomic E-state index is 0.0566. The van der Waals surface area contributed by atoms with Crippen LogP contribution in [0.15, 0.2) is 109 Å². The third-order valence-electron chi connectivity index (χ3n) is 10.1. The number of carbonyl (C=O) groups is 2. The topological polar surface area (TPSA) is 68.3 Å². The molecule has 2 aliphatic carbocycles. The summed E-state index contributed by atoms with van der Waals surface area (Å²) in [5, 5.41) is 0. The Labute approximate surface area is 304 Å². The van der Waals surface area contributed by atoms with Crippen molar-refractivity contribution >= 4 is 11.8 Å². The van der Waals surface area contributed by atoms with Gasteiger partial charge in [0.1, 0.15) is 11.5 Å². The average molecular weight is 691 g/mol. The van der Waals surface area contributed by atoms with Gasteiger partial charge in [-0.1, -0.05) is 108 Å². The van der Waals surface area contributed by atoms with E-state index in [9.17, 15) is 9.59 Å². The Morgan fingerprint density at radius 2 is 1.08 bits per heavy atom. The number of allylic oxidation sites excluding steroid dienone is 4. The number of carbonyl (C=O) groups excluding carboxylic acids is 2. The van der Waals surface area contributed by atoms with Crippen LogP contribution in [0.5, 0.6) is 11.5 Å². The van der Waals surface area contributed by atoms with E-state index in [1.807, 2.05) is 24.3 Å². The van der Waals surface area contributed by atoms with Crippen molar-refractivity contribution in [2.45, 2.75) is 73.6 Å². The van der Waals surface area contributed by atoms with Gasteiger partial charge in [0.25, 0.3) is 0 Å². The first-order valence-electron chi connectivity index (χ1n) is 17.7. The van der Waals surface area contributed by atoms with Gasteiger partial charge in [-0.3, -0.25) is 4.79 Å². The van der Waals surface area contributed by atoms with Crippen molar-refractivity contribution in [2.24, 2.45) is 22.7 Å². The largest absolute Gasteiger partial charge is 0.496 e. The molecule has 51 heavy (non-hydrogen) atoms. The van der Waals surface area contributed by atoms with Crippen LogP contribution in [0.3, 0.4) is 0 Å². The number of hydrogen-bond donors (Lipinski definition) is 0. The number of fused-ring (bicyclic) bond motifs is 2. The lowest BCUT2D eigenvalue weighted by molar-refractivity contribution is 0.0600. The highest BCUT2D eigenvalue weighted by Gasteiger charge is 2.32. The Bertz CT molecular complexity index is 1810. The lowest BCUT2D eigenvalue weighted by Crippen LogP contribution is -2.32. The van der Waals surface area contributed by atoms with E-state index in [1.54, 1.807) is 33.3 Å². The van der Waals surface area contributed by atoms with Crippen LogP contribution in [0.25, 0.3) is 0 Å². The molecule has 0 N–H and O–H groups in total. The SMILES string of the molecule is COC(=O)c1ccc(CN2C=CC3C=CC(C(C)(C)C)=CC32)c(OC)c1.COc1cc(C(C)=O)ccc1CN1C=CC2C=CC(C(C)(C)C)=CC21. The van der Waals surface area contributed by atoms with Crippen LogP contribution >= 0.6 is 0 Å². The molecular formula is C44H54N2O5. The summed E-state index contributed by atoms with van der Waals surface area (Å²) >= 11 is 0. The molecular weight excluding hydrogens is 636 g/mol. The Kier molecular flexibility index (Phi) is 11.2. The molecule has 4 aliphatic rings. The molecule has 7 heteroatoms. The molecule has 6 rings (SSSR count). The lowest BCUT2D eigenvalue weighted by atomic mass is 9.80. The number of benzene rings is 2. The van der Waals surface area contributed by atoms with Gasteiger partial charge in [0, 0.05) is 41.6 Å². The first kappa shape index (κ1) is 37.5. The van der Waals surface area contributed by atoms with Gasteiger partial charge in [0.2, 0.25) is 0 Å². The number of methoxy groups -OCH3 is 3. The van der Waals surface area contributed by atoms with Crippen molar-refractivity contribution in [3.63, 3.8) is 0 Å². The summed E-state index contributed by atoms with van der Waals surface area (Å²) in [7, 11) is 4.67. The molecule has 0 amide bonds. The maximum atomic E-state index is 11.7. The van der Waals surface area contributed by atoms with Crippen molar-refractivity contribution in [3.05, 3.63) is 131 Å². The predicted octanol–water partition coefficient (Wildman–Crippen LogP) is 9.09. The highest BCUT2D eigenvalue weighted by atomic mass is 16.5. The molecule has 7 nitrogen and oxygen atoms in total. The van der Waals surface area contributed by atoms with E-state index in [1.165, 1.54) is 18.3 Å². The fourth-order valence-electron chi connectivity index (χ4n) is 6.89. The van der Waals surface area contributed by atoms with Gasteiger partial charge in [0.15, 0.2) is 5.78 Å². The summed E-state index contributed by atoms with van der Waals surface area (Å²) < 4.78 is 15.8. The van der Waals surface area contributed by atoms with E-state index in [4.69, 9.17) is 14.2 Å². The van der Waals surface area contributed by atoms with Gasteiger partial charge >= 0.3 is 5.97 Å². The van der Waals surface area contributed by atoms with E-state index in [0.29, 0.717) is 40.8 Å². The minimum Gasteiger partial charge on any atom is -0.496 e. The van der Waals surface area contributed by atoms with Crippen molar-refractivity contribution < 1.29 is 23.8 Å². The first-order valence-corrected chi connectivity index (χ1v) is 17.7. The van der Waals surface area contributed by atoms with E-state index >= 15 is 0 Å². The third kappa shape index (κ3) is 8.58. The standard InChI is InChI=1S/C22H27NO3.C22H27NO2/c1-22(2,3)18-9-8-15-10-11-23(19(15)13-18)14-17-7-6-16(21(24)26-5)12-20(17)25-4;1-15(24)17-6-7-18(21(12-17)25-5)14-23-11-10-16-8-9-19(13-20(16)23)22(2,3)4/h6-13,15,19H,14H2,1-5H3;6-13,16,20H,14H2,1-5H3. The van der Waals surface area contributed by atoms with Gasteiger partial charge in [-0.2, -0.15) is 0 Å². The molecule has 2 heterocycles. The molecule has 4 atom stereocenters. The van der Waals surface area contributed by atoms with Crippen LogP contribution < -0.4 is 9.47 Å². The zero-order valence-electron chi connectivity index (χ0n) is 31.9. The molecule has 0 bridgehead atoms. The summed E-state index contributed by atoms with van der Waals surface area (Å²) in [6.07, 6.45) is 22.7. The van der Waals surface area contributed by atoms with Crippen molar-refractivity contribution in [1.82, 2.24) is 9.80 Å². The first-order chi connectivity index (χ1) is 24.1. The van der Waals surface area contributed by atoms with Gasteiger partial charge < -0.3 is 24.0 Å². The molecule has 0 spiro atoms. The molecule has 2 aromatic carbocycles. The molecule has 0 saturated heterocycles. The maximum absolute atomic E-state index is 11.7. The maximum Gasteiger partial charge on any atom is 0.337 e. The van der Waals surface area contributed by atoms with Crippen LogP contribution in [0.1, 0.15) is 80.3 Å². The highest BCUT2D eigenvalue weighted by Crippen LogP contribution is 2.38. The highest BCUT2D eigenvalue weighted by molar-refractivity contribution is 5.94. The van der Waals surface area contributed by atoms with Gasteiger partial charge in [-0.15, -0.1) is 0 Å². The van der Waals surface area contributed by atoms with E-state index in [0.717, 1.165) is 30.0 Å². The lowest BCUT2D eigenvalue weighted by Gasteiger charge is -2.32. The van der Waals surface area contributed by atoms with E-state index in [-0.39, 0.29) is 22.6 Å². The smallest absolute Gasteiger partial charge is 0.337 e. The molecule has 0 saturated carbocycles. The Morgan fingerprint density at radius 1 is 0.647 bits per heavy atom. The number of ether oxygens (including phenoxy) is 3. The zero-order valence-corrected chi connectivity index (χ0v) is 31.9. The fraction of sp³-hybridized carbons (Fsp3) is 0.409. The number of ketones is 1. The Balaban J connectivity index is 0.000000198. The third-order valence-corrected chi connectivity index (χ3v) is 10.1. The summed E-state index contributed by atoms with van der Waals surface area (Å²) in [5.41, 5.74) is 6.35. The second kappa shape index (κ2) is 15.2. The Morgan fingerprint density at radius 3 is 1.47 bits per heavy atom. The van der Waals surface area contributed by atoms with Gasteiger partial charge in [-0.25, -0.2) is 4.79 Å². The second-order valence-corrected chi connectivity index (χ2v) is 15.7. The molecule has 4 unspecified atom stereocenters. The summed E-state index contributed by atoms with van der Waals surface area (Å²) in [5.74, 6) is 2.01. The summed E-state index contributed by atoms with van der Waals surface area (Å²) in [6, 6.07) is 11.9. The van der Waals surface area contributed by atoms with Crippen molar-refractivity contribution in [1.29, 1.82) is 0 Å². The van der Waals surface area contributed by atoms with Crippen LogP contribution in [0.2, 0.25) is 0 Å². The minimum atomic E-state index is -0.355. The monoisotopic (exact) mass is 690 g/mol. The van der Waals surface area contributed by atoms with Crippen LogP contribution in [-0.2, 0) is 17.8 Å². The average Bonchev–Trinajstić information content (AvgIpc) is 3.70. The Hall–Kier alpha value is -4.78. The number of hydrogen-bond acceptors (Lipinski definition) is 7. The normalized spacial score (nSPS) is 21.7. The molecule has 2 aromatic rings. The molecule has 0 aromatic heterocycles. The number of rotatable bonds is 8. The zero-order chi connectivity index (χ0) is 37.1. The quantitative estimate of drug-likeness (QED) is 0.202. The van der Waals surface area contributed by atoms with E-state index in [2.05, 4.69) is 112 Å². The van der Waals surface area contributed by atoms with Crippen molar-refractivity contribution in [3.8, 4) is 11.5 Å². The molecule has 0 fully saturated rings. The number of Topliss-reactive ketones (excluding diaryl/α,β-unsaturated/α-hetero) is 1. The van der Waals surface area contributed by atoms with Gasteiger partial charge in [0.05, 0.1) is 39.0 Å². The van der Waals surface area contributed by atoms with Crippen LogP contribution in [-0.4, -0.2) is 55.0 Å². The van der Waals surface area contributed by atoms with E-state index < -0.39 is 0 Å². The predicted molar refractivity (Wildman–Crippen MR) is 205 cm³/mol. The van der Waals surface area contributed by atoms with Gasteiger partial charge in [-0.05, 0) is 59.5 Å². The van der Waals surface area contributed by atoms with Crippen LogP contribution in [0.4, 0.5) is 0 Å². The summed E-state index contributed by atoms with van der Waals surface area (Å²) in [6.45, 7) is 16.5. The second-order valence-electron chi connectivity index (χ2n) is 15.7. The molecule has 270 valence electrons. The number of esters is 1. The number of nitrogens with zero attached hydrogens (tertiary/aromatic N) is 2. The van der Waals surface area contributed by atoms with Crippen molar-refractivity contribution in [2.75, 3.05) is 21.3 Å². The summed E-state index contributed by atoms with van der Waals surface area (Å²) in [4.78, 5) is 28.0.